The molecule has 96 valence electrons. The van der Waals surface area contributed by atoms with E-state index in [4.69, 9.17) is 0 Å². The zero-order valence-electron chi connectivity index (χ0n) is 8.78. The molecule has 0 amide bonds. The molecular weight excluding hydrogens is 249 g/mol. The van der Waals surface area contributed by atoms with Crippen LogP contribution in [0.3, 0.4) is 0 Å². The fourth-order valence-electron chi connectivity index (χ4n) is 0.651. The van der Waals surface area contributed by atoms with Crippen molar-refractivity contribution in [1.29, 1.82) is 0 Å². The van der Waals surface area contributed by atoms with Gasteiger partial charge in [0.1, 0.15) is 0 Å². The van der Waals surface area contributed by atoms with E-state index in [9.17, 15) is 21.6 Å². The molecule has 1 aliphatic rings. The monoisotopic (exact) mass is 262 g/mol. The van der Waals surface area contributed by atoms with Crippen molar-refractivity contribution in [2.24, 2.45) is 0 Å². The SMILES string of the molecule is CCOS(=O)(=O)C(F)(F)F.CN1C=CNC1. The zero-order valence-corrected chi connectivity index (χ0v) is 9.60. The molecule has 0 aromatic rings. The van der Waals surface area contributed by atoms with Crippen molar-refractivity contribution in [1.82, 2.24) is 10.2 Å². The Hall–Kier alpha value is -0.960. The van der Waals surface area contributed by atoms with Crippen LogP contribution >= 0.6 is 0 Å². The van der Waals surface area contributed by atoms with E-state index < -0.39 is 22.2 Å². The zero-order chi connectivity index (χ0) is 12.8. The molecular formula is C7H13F3N2O3S. The molecule has 0 aliphatic carbocycles. The van der Waals surface area contributed by atoms with E-state index in [1.54, 1.807) is 0 Å². The molecule has 1 aliphatic heterocycles. The van der Waals surface area contributed by atoms with Crippen molar-refractivity contribution in [2.75, 3.05) is 20.3 Å². The maximum absolute atomic E-state index is 11.3. The molecule has 0 unspecified atom stereocenters. The first kappa shape index (κ1) is 15.0. The van der Waals surface area contributed by atoms with E-state index in [1.807, 2.05) is 19.4 Å². The van der Waals surface area contributed by atoms with Crippen LogP contribution < -0.4 is 5.32 Å². The lowest BCUT2D eigenvalue weighted by Gasteiger charge is -2.05. The second kappa shape index (κ2) is 5.94. The minimum Gasteiger partial charge on any atom is -0.373 e. The molecule has 1 rings (SSSR count). The third-order valence-corrected chi connectivity index (χ3v) is 2.46. The quantitative estimate of drug-likeness (QED) is 0.590. The third-order valence-electron chi connectivity index (χ3n) is 1.34. The van der Waals surface area contributed by atoms with Crippen LogP contribution in [-0.4, -0.2) is 39.1 Å². The highest BCUT2D eigenvalue weighted by Gasteiger charge is 2.46. The summed E-state index contributed by atoms with van der Waals surface area (Å²) in [6, 6.07) is 0. The summed E-state index contributed by atoms with van der Waals surface area (Å²) in [6.07, 6.45) is 3.93. The van der Waals surface area contributed by atoms with Crippen molar-refractivity contribution in [3.63, 3.8) is 0 Å². The van der Waals surface area contributed by atoms with Gasteiger partial charge >= 0.3 is 15.6 Å². The summed E-state index contributed by atoms with van der Waals surface area (Å²) in [5.74, 6) is 0. The van der Waals surface area contributed by atoms with Crippen molar-refractivity contribution >= 4 is 10.1 Å². The molecule has 1 N–H and O–H groups in total. The summed E-state index contributed by atoms with van der Waals surface area (Å²) >= 11 is 0. The predicted molar refractivity (Wildman–Crippen MR) is 51.5 cm³/mol. The largest absolute Gasteiger partial charge is 0.523 e. The smallest absolute Gasteiger partial charge is 0.373 e. The summed E-state index contributed by atoms with van der Waals surface area (Å²) in [7, 11) is -3.32. The van der Waals surface area contributed by atoms with Crippen LogP contribution in [0.5, 0.6) is 0 Å². The van der Waals surface area contributed by atoms with Crippen LogP contribution in [0.2, 0.25) is 0 Å². The normalized spacial score (nSPS) is 15.4. The number of alkyl halides is 3. The van der Waals surface area contributed by atoms with Crippen molar-refractivity contribution in [3.8, 4) is 0 Å². The summed E-state index contributed by atoms with van der Waals surface area (Å²) in [5.41, 5.74) is -5.30. The van der Waals surface area contributed by atoms with Gasteiger partial charge in [0, 0.05) is 19.4 Å². The number of nitrogens with zero attached hydrogens (tertiary/aromatic N) is 1. The summed E-state index contributed by atoms with van der Waals surface area (Å²) < 4.78 is 57.2. The number of nitrogens with one attached hydrogen (secondary N) is 1. The number of hydrogen-bond acceptors (Lipinski definition) is 5. The van der Waals surface area contributed by atoms with Crippen LogP contribution in [-0.2, 0) is 14.3 Å². The predicted octanol–water partition coefficient (Wildman–Crippen LogP) is 0.823. The van der Waals surface area contributed by atoms with Gasteiger partial charge in [-0.05, 0) is 6.92 Å². The molecule has 0 radical (unpaired) electrons. The van der Waals surface area contributed by atoms with Crippen LogP contribution in [0.15, 0.2) is 12.4 Å². The molecule has 0 aromatic carbocycles. The van der Waals surface area contributed by atoms with Crippen LogP contribution in [0.25, 0.3) is 0 Å². The van der Waals surface area contributed by atoms with E-state index in [-0.39, 0.29) is 0 Å². The molecule has 0 atom stereocenters. The summed E-state index contributed by atoms with van der Waals surface area (Å²) in [6.45, 7) is 1.60. The van der Waals surface area contributed by atoms with Gasteiger partial charge in [-0.25, -0.2) is 0 Å². The van der Waals surface area contributed by atoms with Gasteiger partial charge in [-0.3, -0.25) is 4.18 Å². The van der Waals surface area contributed by atoms with Gasteiger partial charge in [0.25, 0.3) is 0 Å². The Labute approximate surface area is 92.0 Å². The number of rotatable bonds is 2. The molecule has 0 bridgehead atoms. The average Bonchev–Trinajstić information content (AvgIpc) is 2.54. The Kier molecular flexibility index (Phi) is 5.59. The number of hydrogen-bond donors (Lipinski definition) is 1. The highest BCUT2D eigenvalue weighted by Crippen LogP contribution is 2.24. The fraction of sp³-hybridized carbons (Fsp3) is 0.714. The van der Waals surface area contributed by atoms with Gasteiger partial charge < -0.3 is 10.2 Å². The third kappa shape index (κ3) is 5.21. The molecule has 9 heteroatoms. The topological polar surface area (TPSA) is 58.6 Å². The van der Waals surface area contributed by atoms with E-state index >= 15 is 0 Å². The van der Waals surface area contributed by atoms with Gasteiger partial charge in [0.2, 0.25) is 0 Å². The first-order valence-corrected chi connectivity index (χ1v) is 5.67. The molecule has 0 fully saturated rings. The molecule has 0 spiro atoms. The van der Waals surface area contributed by atoms with Crippen LogP contribution in [0.1, 0.15) is 6.92 Å². The highest BCUT2D eigenvalue weighted by atomic mass is 32.2. The van der Waals surface area contributed by atoms with Gasteiger partial charge in [-0.2, -0.15) is 21.6 Å². The Morgan fingerprint density at radius 3 is 2.19 bits per heavy atom. The van der Waals surface area contributed by atoms with E-state index in [0.717, 1.165) is 13.6 Å². The molecule has 16 heavy (non-hydrogen) atoms. The Morgan fingerprint density at radius 1 is 1.50 bits per heavy atom. The van der Waals surface area contributed by atoms with Gasteiger partial charge in [0.05, 0.1) is 13.3 Å². The van der Waals surface area contributed by atoms with Crippen LogP contribution in [0.4, 0.5) is 13.2 Å². The lowest BCUT2D eigenvalue weighted by atomic mass is 10.9. The highest BCUT2D eigenvalue weighted by molar-refractivity contribution is 7.87. The molecule has 0 saturated heterocycles. The standard InChI is InChI=1S/C4H8N2.C3H5F3O3S/c1-6-3-2-5-4-6;1-2-9-10(7,8)3(4,5)6/h2-3,5H,4H2,1H3;2H2,1H3. The lowest BCUT2D eigenvalue weighted by Crippen LogP contribution is -2.25. The lowest BCUT2D eigenvalue weighted by molar-refractivity contribution is -0.0539. The fourth-order valence-corrected chi connectivity index (χ4v) is 1.10. The minimum absolute atomic E-state index is 0.512. The van der Waals surface area contributed by atoms with E-state index in [0.29, 0.717) is 0 Å². The Morgan fingerprint density at radius 2 is 2.06 bits per heavy atom. The van der Waals surface area contributed by atoms with Gasteiger partial charge in [-0.1, -0.05) is 0 Å². The van der Waals surface area contributed by atoms with Gasteiger partial charge in [0.15, 0.2) is 0 Å². The maximum atomic E-state index is 11.3. The Balaban J connectivity index is 0.000000315. The van der Waals surface area contributed by atoms with Gasteiger partial charge in [-0.15, -0.1) is 0 Å². The molecule has 5 nitrogen and oxygen atoms in total. The minimum atomic E-state index is -5.35. The number of halogens is 3. The average molecular weight is 262 g/mol. The summed E-state index contributed by atoms with van der Waals surface area (Å²) in [4.78, 5) is 2.07. The summed E-state index contributed by atoms with van der Waals surface area (Å²) in [5, 5.41) is 3.02. The van der Waals surface area contributed by atoms with E-state index in [2.05, 4.69) is 14.4 Å². The van der Waals surface area contributed by atoms with Crippen molar-refractivity contribution < 1.29 is 25.8 Å². The maximum Gasteiger partial charge on any atom is 0.523 e. The van der Waals surface area contributed by atoms with E-state index in [1.165, 1.54) is 0 Å². The first-order chi connectivity index (χ1) is 7.20. The van der Waals surface area contributed by atoms with Crippen molar-refractivity contribution in [2.45, 2.75) is 12.4 Å². The molecule has 0 saturated carbocycles. The molecule has 0 aromatic heterocycles. The first-order valence-electron chi connectivity index (χ1n) is 4.26. The van der Waals surface area contributed by atoms with Crippen LogP contribution in [0, 0.1) is 0 Å². The Bertz CT molecular complexity index is 326. The van der Waals surface area contributed by atoms with Crippen molar-refractivity contribution in [3.05, 3.63) is 12.4 Å². The molecule has 1 heterocycles. The second-order valence-electron chi connectivity index (χ2n) is 2.74. The second-order valence-corrected chi connectivity index (χ2v) is 4.35.